The smallest absolute Gasteiger partial charge is 0.208 e. The Morgan fingerprint density at radius 3 is 2.94 bits per heavy atom. The van der Waals surface area contributed by atoms with E-state index in [0.717, 1.165) is 25.0 Å². The van der Waals surface area contributed by atoms with Gasteiger partial charge in [0.1, 0.15) is 0 Å². The maximum Gasteiger partial charge on any atom is 0.208 e. The maximum absolute atomic E-state index is 5.57. The lowest BCUT2D eigenvalue weighted by Crippen LogP contribution is -2.45. The first kappa shape index (κ1) is 15.2. The lowest BCUT2D eigenvalue weighted by molar-refractivity contribution is 0.207. The van der Waals surface area contributed by atoms with Crippen LogP contribution in [0.5, 0.6) is 0 Å². The van der Waals surface area contributed by atoms with E-state index in [2.05, 4.69) is 22.2 Å². The lowest BCUT2D eigenvalue weighted by atomic mass is 9.96. The largest absolute Gasteiger partial charge is 0.383 e. The summed E-state index contributed by atoms with van der Waals surface area (Å²) in [5.74, 6) is 7.25. The van der Waals surface area contributed by atoms with Crippen LogP contribution < -0.4 is 11.3 Å². The number of methoxy groups -OCH3 is 1. The van der Waals surface area contributed by atoms with Gasteiger partial charge in [-0.05, 0) is 25.2 Å². The molecule has 0 spiro atoms. The molecule has 0 saturated carbocycles. The first-order valence-corrected chi connectivity index (χ1v) is 7.06. The third kappa shape index (κ3) is 5.23. The van der Waals surface area contributed by atoms with Gasteiger partial charge in [-0.25, -0.2) is 10.8 Å². The lowest BCUT2D eigenvalue weighted by Gasteiger charge is -2.23. The van der Waals surface area contributed by atoms with Crippen LogP contribution >= 0.6 is 0 Å². The molecule has 1 aliphatic rings. The summed E-state index contributed by atoms with van der Waals surface area (Å²) in [6, 6.07) is 0. The summed E-state index contributed by atoms with van der Waals surface area (Å²) in [7, 11) is 1.69. The van der Waals surface area contributed by atoms with Crippen LogP contribution in [0.3, 0.4) is 0 Å². The first-order chi connectivity index (χ1) is 8.81. The van der Waals surface area contributed by atoms with Crippen LogP contribution in [0.25, 0.3) is 0 Å². The van der Waals surface area contributed by atoms with Gasteiger partial charge >= 0.3 is 0 Å². The Labute approximate surface area is 111 Å². The molecule has 1 heterocycles. The van der Waals surface area contributed by atoms with Crippen LogP contribution in [0, 0.1) is 5.92 Å². The predicted octanol–water partition coefficient (Wildman–Crippen LogP) is 1.35. The van der Waals surface area contributed by atoms with Gasteiger partial charge in [-0.15, -0.1) is 0 Å². The Balaban J connectivity index is 2.46. The van der Waals surface area contributed by atoms with Crippen molar-refractivity contribution >= 4 is 5.96 Å². The fraction of sp³-hybridized carbons (Fsp3) is 0.923. The number of hydrogen-bond acceptors (Lipinski definition) is 3. The molecule has 18 heavy (non-hydrogen) atoms. The number of nitrogens with two attached hydrogens (primary N) is 1. The molecule has 0 amide bonds. The monoisotopic (exact) mass is 256 g/mol. The molecule has 1 aliphatic heterocycles. The van der Waals surface area contributed by atoms with Gasteiger partial charge in [0.15, 0.2) is 0 Å². The number of guanidine groups is 1. The van der Waals surface area contributed by atoms with Gasteiger partial charge in [-0.1, -0.05) is 19.8 Å². The zero-order valence-electron chi connectivity index (χ0n) is 11.8. The number of ether oxygens (including phenoxy) is 1. The van der Waals surface area contributed by atoms with Crippen LogP contribution in [0.4, 0.5) is 0 Å². The summed E-state index contributed by atoms with van der Waals surface area (Å²) in [6.45, 7) is 5.67. The van der Waals surface area contributed by atoms with E-state index in [4.69, 9.17) is 10.6 Å². The number of hydrogen-bond donors (Lipinski definition) is 2. The van der Waals surface area contributed by atoms with E-state index in [1.54, 1.807) is 7.11 Å². The minimum absolute atomic E-state index is 0.636. The third-order valence-corrected chi connectivity index (χ3v) is 3.53. The van der Waals surface area contributed by atoms with E-state index >= 15 is 0 Å². The SMILES string of the molecule is CCCC1CCCN(C(=NCCOC)NN)CC1. The molecule has 3 N–H and O–H groups in total. The van der Waals surface area contributed by atoms with Gasteiger partial charge in [-0.3, -0.25) is 5.43 Å². The maximum atomic E-state index is 5.57. The van der Waals surface area contributed by atoms with Gasteiger partial charge in [0.05, 0.1) is 13.2 Å². The van der Waals surface area contributed by atoms with Gasteiger partial charge in [0, 0.05) is 20.2 Å². The van der Waals surface area contributed by atoms with Crippen LogP contribution in [-0.2, 0) is 4.74 Å². The molecule has 0 bridgehead atoms. The summed E-state index contributed by atoms with van der Waals surface area (Å²) in [4.78, 5) is 6.72. The van der Waals surface area contributed by atoms with Crippen LogP contribution in [0.2, 0.25) is 0 Å². The Hall–Kier alpha value is -0.810. The Morgan fingerprint density at radius 2 is 2.28 bits per heavy atom. The van der Waals surface area contributed by atoms with E-state index in [1.165, 1.54) is 32.1 Å². The standard InChI is InChI=1S/C13H28N4O/c1-3-5-12-6-4-9-17(10-7-12)13(16-14)15-8-11-18-2/h12H,3-11,14H2,1-2H3,(H,15,16). The molecule has 1 fully saturated rings. The molecule has 0 aromatic carbocycles. The van der Waals surface area contributed by atoms with Gasteiger partial charge in [-0.2, -0.15) is 0 Å². The highest BCUT2D eigenvalue weighted by atomic mass is 16.5. The van der Waals surface area contributed by atoms with Crippen LogP contribution in [0.15, 0.2) is 4.99 Å². The number of rotatable bonds is 5. The van der Waals surface area contributed by atoms with Gasteiger partial charge < -0.3 is 9.64 Å². The minimum atomic E-state index is 0.636. The van der Waals surface area contributed by atoms with Crippen molar-refractivity contribution in [3.63, 3.8) is 0 Å². The molecular formula is C13H28N4O. The molecule has 1 rings (SSSR count). The highest BCUT2D eigenvalue weighted by Gasteiger charge is 2.18. The molecule has 106 valence electrons. The quantitative estimate of drug-likeness (QED) is 0.256. The second-order valence-corrected chi connectivity index (χ2v) is 4.92. The molecule has 5 nitrogen and oxygen atoms in total. The second-order valence-electron chi connectivity index (χ2n) is 4.92. The van der Waals surface area contributed by atoms with Crippen LogP contribution in [0.1, 0.15) is 39.0 Å². The summed E-state index contributed by atoms with van der Waals surface area (Å²) in [5.41, 5.74) is 2.73. The Kier molecular flexibility index (Phi) is 7.76. The first-order valence-electron chi connectivity index (χ1n) is 7.06. The van der Waals surface area contributed by atoms with Crippen LogP contribution in [-0.4, -0.2) is 44.2 Å². The molecule has 1 unspecified atom stereocenters. The molecule has 0 aromatic rings. The molecule has 0 aliphatic carbocycles. The van der Waals surface area contributed by atoms with Crippen molar-refractivity contribution in [3.8, 4) is 0 Å². The van der Waals surface area contributed by atoms with E-state index in [0.29, 0.717) is 13.2 Å². The Morgan fingerprint density at radius 1 is 1.44 bits per heavy atom. The molecule has 0 aromatic heterocycles. The summed E-state index contributed by atoms with van der Waals surface area (Å²) >= 11 is 0. The van der Waals surface area contributed by atoms with Crippen molar-refractivity contribution in [3.05, 3.63) is 0 Å². The normalized spacial score (nSPS) is 21.8. The van der Waals surface area contributed by atoms with Crippen molar-refractivity contribution in [2.75, 3.05) is 33.4 Å². The fourth-order valence-electron chi connectivity index (χ4n) is 2.55. The molecule has 1 atom stereocenters. The van der Waals surface area contributed by atoms with E-state index in [1.807, 2.05) is 0 Å². The molecule has 0 radical (unpaired) electrons. The van der Waals surface area contributed by atoms with Gasteiger partial charge in [0.25, 0.3) is 0 Å². The van der Waals surface area contributed by atoms with E-state index < -0.39 is 0 Å². The predicted molar refractivity (Wildman–Crippen MR) is 75.3 cm³/mol. The average Bonchev–Trinajstić information content (AvgIpc) is 2.61. The highest BCUT2D eigenvalue weighted by molar-refractivity contribution is 5.79. The fourth-order valence-corrected chi connectivity index (χ4v) is 2.55. The molecule has 5 heteroatoms. The van der Waals surface area contributed by atoms with Crippen molar-refractivity contribution < 1.29 is 4.74 Å². The van der Waals surface area contributed by atoms with Crippen molar-refractivity contribution in [1.29, 1.82) is 0 Å². The van der Waals surface area contributed by atoms with Crippen molar-refractivity contribution in [1.82, 2.24) is 10.3 Å². The zero-order chi connectivity index (χ0) is 13.2. The highest BCUT2D eigenvalue weighted by Crippen LogP contribution is 2.21. The van der Waals surface area contributed by atoms with E-state index in [-0.39, 0.29) is 0 Å². The Bertz CT molecular complexity index is 245. The molecular weight excluding hydrogens is 228 g/mol. The number of hydrazine groups is 1. The topological polar surface area (TPSA) is 62.9 Å². The number of likely N-dealkylation sites (tertiary alicyclic amines) is 1. The average molecular weight is 256 g/mol. The number of nitrogens with zero attached hydrogens (tertiary/aromatic N) is 2. The van der Waals surface area contributed by atoms with Gasteiger partial charge in [0.2, 0.25) is 5.96 Å². The second kappa shape index (κ2) is 9.16. The summed E-state index contributed by atoms with van der Waals surface area (Å²) in [5, 5.41) is 0. The summed E-state index contributed by atoms with van der Waals surface area (Å²) in [6.07, 6.45) is 6.45. The molecule has 1 saturated heterocycles. The van der Waals surface area contributed by atoms with E-state index in [9.17, 15) is 0 Å². The summed E-state index contributed by atoms with van der Waals surface area (Å²) < 4.78 is 5.00. The number of aliphatic imine (C=N–C) groups is 1. The number of nitrogens with one attached hydrogen (secondary N) is 1. The van der Waals surface area contributed by atoms with Crippen molar-refractivity contribution in [2.24, 2.45) is 16.8 Å². The zero-order valence-corrected chi connectivity index (χ0v) is 11.8. The van der Waals surface area contributed by atoms with Crippen molar-refractivity contribution in [2.45, 2.75) is 39.0 Å². The minimum Gasteiger partial charge on any atom is -0.383 e. The third-order valence-electron chi connectivity index (χ3n) is 3.53.